The third-order valence-corrected chi connectivity index (χ3v) is 6.93. The van der Waals surface area contributed by atoms with Gasteiger partial charge >= 0.3 is 0 Å². The molecule has 0 aromatic carbocycles. The van der Waals surface area contributed by atoms with Crippen molar-refractivity contribution in [3.05, 3.63) is 11.6 Å². The molecule has 156 valence electrons. The Kier molecular flexibility index (Phi) is 6.16. The lowest BCUT2D eigenvalue weighted by atomic mass is 9.93. The molecule has 3 aliphatic rings. The average molecular weight is 390 g/mol. The van der Waals surface area contributed by atoms with E-state index in [9.17, 15) is 0 Å². The van der Waals surface area contributed by atoms with Crippen molar-refractivity contribution in [3.63, 3.8) is 0 Å². The molecule has 2 heterocycles. The number of aliphatic imine (C=N–C) groups is 1. The monoisotopic (exact) mass is 389 g/mol. The van der Waals surface area contributed by atoms with E-state index in [1.54, 1.807) is 7.11 Å². The lowest BCUT2D eigenvalue weighted by Gasteiger charge is -2.42. The van der Waals surface area contributed by atoms with E-state index in [-0.39, 0.29) is 0 Å². The maximum Gasteiger partial charge on any atom is 0.194 e. The highest BCUT2D eigenvalue weighted by molar-refractivity contribution is 5.80. The van der Waals surface area contributed by atoms with Gasteiger partial charge in [0.2, 0.25) is 0 Å². The van der Waals surface area contributed by atoms with E-state index in [0.717, 1.165) is 68.2 Å². The molecule has 28 heavy (non-hydrogen) atoms. The fourth-order valence-electron chi connectivity index (χ4n) is 5.19. The summed E-state index contributed by atoms with van der Waals surface area (Å²) in [5, 5.41) is 11.9. The van der Waals surface area contributed by atoms with E-state index >= 15 is 0 Å². The molecule has 1 aromatic heterocycles. The van der Waals surface area contributed by atoms with Crippen molar-refractivity contribution in [3.8, 4) is 0 Å². The minimum atomic E-state index is 0.541. The topological polar surface area (TPSA) is 70.8 Å². The number of hydrogen-bond acceptors (Lipinski definition) is 5. The zero-order valence-electron chi connectivity index (χ0n) is 17.6. The first-order valence-corrected chi connectivity index (χ1v) is 10.8. The summed E-state index contributed by atoms with van der Waals surface area (Å²) in [5.41, 5.74) is 0. The van der Waals surface area contributed by atoms with E-state index in [1.165, 1.54) is 25.7 Å². The van der Waals surface area contributed by atoms with Crippen LogP contribution in [0, 0.1) is 18.8 Å². The molecule has 3 unspecified atom stereocenters. The molecule has 1 aliphatic heterocycles. The summed E-state index contributed by atoms with van der Waals surface area (Å²) < 4.78 is 7.21. The van der Waals surface area contributed by atoms with E-state index < -0.39 is 0 Å². The maximum atomic E-state index is 5.21. The highest BCUT2D eigenvalue weighted by Gasteiger charge is 2.42. The van der Waals surface area contributed by atoms with Crippen LogP contribution in [0.5, 0.6) is 0 Å². The van der Waals surface area contributed by atoms with E-state index in [1.807, 2.05) is 18.5 Å². The van der Waals surface area contributed by atoms with Gasteiger partial charge in [-0.25, -0.2) is 4.99 Å². The van der Waals surface area contributed by atoms with Crippen LogP contribution in [-0.2, 0) is 18.3 Å². The number of methoxy groups -OCH3 is 1. The van der Waals surface area contributed by atoms with Crippen LogP contribution in [0.3, 0.4) is 0 Å². The van der Waals surface area contributed by atoms with Crippen LogP contribution >= 0.6 is 0 Å². The number of nitrogens with one attached hydrogen (secondary N) is 1. The van der Waals surface area contributed by atoms with Gasteiger partial charge in [0.1, 0.15) is 12.4 Å². The number of fused-ring (bicyclic) bond motifs is 2. The summed E-state index contributed by atoms with van der Waals surface area (Å²) in [4.78, 5) is 10.00. The Balaban J connectivity index is 1.36. The molecular formula is C20H35N7O. The third kappa shape index (κ3) is 4.17. The third-order valence-electron chi connectivity index (χ3n) is 6.93. The average Bonchev–Trinajstić information content (AvgIpc) is 3.43. The number of ether oxygens (including phenoxy) is 1. The van der Waals surface area contributed by atoms with Gasteiger partial charge < -0.3 is 19.5 Å². The number of rotatable bonds is 6. The van der Waals surface area contributed by atoms with Gasteiger partial charge in [-0.1, -0.05) is 6.42 Å². The molecule has 1 saturated heterocycles. The smallest absolute Gasteiger partial charge is 0.194 e. The van der Waals surface area contributed by atoms with Gasteiger partial charge in [-0.05, 0) is 38.0 Å². The van der Waals surface area contributed by atoms with Crippen LogP contribution in [0.2, 0.25) is 0 Å². The molecule has 3 atom stereocenters. The summed E-state index contributed by atoms with van der Waals surface area (Å²) in [6.45, 7) is 8.29. The highest BCUT2D eigenvalue weighted by atomic mass is 16.5. The number of aryl methyl sites for hydroxylation is 1. The lowest BCUT2D eigenvalue weighted by molar-refractivity contribution is 0.0955. The van der Waals surface area contributed by atoms with Gasteiger partial charge in [-0.2, -0.15) is 0 Å². The molecule has 2 saturated carbocycles. The summed E-state index contributed by atoms with van der Waals surface area (Å²) in [5.74, 6) is 4.74. The van der Waals surface area contributed by atoms with Crippen molar-refractivity contribution in [1.29, 1.82) is 0 Å². The maximum absolute atomic E-state index is 5.21. The van der Waals surface area contributed by atoms with Crippen LogP contribution in [0.4, 0.5) is 0 Å². The zero-order chi connectivity index (χ0) is 19.5. The summed E-state index contributed by atoms with van der Waals surface area (Å²) in [7, 11) is 3.72. The second kappa shape index (κ2) is 8.78. The molecule has 2 bridgehead atoms. The molecule has 1 N–H and O–H groups in total. The van der Waals surface area contributed by atoms with Gasteiger partial charge in [0.15, 0.2) is 11.8 Å². The van der Waals surface area contributed by atoms with Crippen LogP contribution in [0.1, 0.15) is 37.3 Å². The largest absolute Gasteiger partial charge is 0.383 e. The van der Waals surface area contributed by atoms with Crippen molar-refractivity contribution >= 4 is 5.96 Å². The first kappa shape index (κ1) is 19.6. The molecule has 0 radical (unpaired) electrons. The second-order valence-corrected chi connectivity index (χ2v) is 8.55. The second-order valence-electron chi connectivity index (χ2n) is 8.55. The summed E-state index contributed by atoms with van der Waals surface area (Å²) in [6.07, 6.45) is 5.84. The van der Waals surface area contributed by atoms with E-state index in [2.05, 4.69) is 25.3 Å². The Bertz CT molecular complexity index is 680. The fourth-order valence-corrected chi connectivity index (χ4v) is 5.19. The Morgan fingerprint density at radius 3 is 2.61 bits per heavy atom. The van der Waals surface area contributed by atoms with Gasteiger partial charge in [0, 0.05) is 52.9 Å². The normalized spacial score (nSPS) is 28.3. The summed E-state index contributed by atoms with van der Waals surface area (Å²) in [6, 6.07) is 0.837. The molecule has 3 fully saturated rings. The molecule has 2 aliphatic carbocycles. The van der Waals surface area contributed by atoms with Crippen LogP contribution in [0.25, 0.3) is 0 Å². The summed E-state index contributed by atoms with van der Waals surface area (Å²) >= 11 is 0. The standard InChI is InChI=1S/C20H35N7O/c1-15-23-24-19(25(15)2)14-22-20(21-6-11-28-3)27-9-7-26(8-10-27)18-13-16-4-5-17(18)12-16/h16-18H,4-14H2,1-3H3,(H,21,22). The lowest BCUT2D eigenvalue weighted by Crippen LogP contribution is -2.55. The van der Waals surface area contributed by atoms with Crippen molar-refractivity contribution in [2.45, 2.75) is 45.2 Å². The van der Waals surface area contributed by atoms with E-state index in [0.29, 0.717) is 13.2 Å². The number of aromatic nitrogens is 3. The highest BCUT2D eigenvalue weighted by Crippen LogP contribution is 2.46. The number of piperazine rings is 1. The Morgan fingerprint density at radius 1 is 1.18 bits per heavy atom. The minimum absolute atomic E-state index is 0.541. The zero-order valence-corrected chi connectivity index (χ0v) is 17.6. The molecule has 4 rings (SSSR count). The molecule has 0 spiro atoms. The number of guanidine groups is 1. The van der Waals surface area contributed by atoms with Crippen molar-refractivity contribution < 1.29 is 4.74 Å². The Labute approximate surface area is 168 Å². The van der Waals surface area contributed by atoms with Crippen LogP contribution in [0.15, 0.2) is 4.99 Å². The quantitative estimate of drug-likeness (QED) is 0.445. The predicted octanol–water partition coefficient (Wildman–Crippen LogP) is 1.02. The van der Waals surface area contributed by atoms with Gasteiger partial charge in [0.05, 0.1) is 6.61 Å². The Hall–Kier alpha value is -1.67. The van der Waals surface area contributed by atoms with Crippen LogP contribution < -0.4 is 5.32 Å². The molecule has 8 heteroatoms. The molecule has 8 nitrogen and oxygen atoms in total. The molecular weight excluding hydrogens is 354 g/mol. The Morgan fingerprint density at radius 2 is 2.00 bits per heavy atom. The SMILES string of the molecule is COCCNC(=NCc1nnc(C)n1C)N1CCN(C2CC3CCC2C3)CC1. The minimum Gasteiger partial charge on any atom is -0.383 e. The fraction of sp³-hybridized carbons (Fsp3) is 0.850. The van der Waals surface area contributed by atoms with Gasteiger partial charge in [-0.15, -0.1) is 10.2 Å². The first-order valence-electron chi connectivity index (χ1n) is 10.8. The number of hydrogen-bond donors (Lipinski definition) is 1. The van der Waals surface area contributed by atoms with Gasteiger partial charge in [-0.3, -0.25) is 4.90 Å². The van der Waals surface area contributed by atoms with Crippen LogP contribution in [-0.4, -0.2) is 83.0 Å². The predicted molar refractivity (Wildman–Crippen MR) is 109 cm³/mol. The van der Waals surface area contributed by atoms with Crippen molar-refractivity contribution in [1.82, 2.24) is 29.9 Å². The van der Waals surface area contributed by atoms with Gasteiger partial charge in [0.25, 0.3) is 0 Å². The first-order chi connectivity index (χ1) is 13.7. The van der Waals surface area contributed by atoms with Crippen molar-refractivity contribution in [2.24, 2.45) is 23.9 Å². The van der Waals surface area contributed by atoms with E-state index in [4.69, 9.17) is 9.73 Å². The number of nitrogens with zero attached hydrogens (tertiary/aromatic N) is 6. The van der Waals surface area contributed by atoms with Crippen molar-refractivity contribution in [2.75, 3.05) is 46.4 Å². The molecule has 1 aromatic rings. The molecule has 0 amide bonds.